The second-order valence-corrected chi connectivity index (χ2v) is 3.66. The highest BCUT2D eigenvalue weighted by Gasteiger charge is 1.96. The average molecular weight is 224 g/mol. The van der Waals surface area contributed by atoms with E-state index < -0.39 is 5.97 Å². The number of halogens is 1. The van der Waals surface area contributed by atoms with Crippen LogP contribution in [0.5, 0.6) is 0 Å². The van der Waals surface area contributed by atoms with E-state index in [9.17, 15) is 9.18 Å². The highest BCUT2D eigenvalue weighted by atomic mass is 32.1. The van der Waals surface area contributed by atoms with E-state index in [4.69, 9.17) is 5.11 Å². The molecule has 0 aliphatic carbocycles. The number of carbonyl (C=O) groups is 1. The van der Waals surface area contributed by atoms with Crippen molar-refractivity contribution in [2.45, 2.75) is 0 Å². The van der Waals surface area contributed by atoms with Crippen LogP contribution in [0, 0.1) is 5.13 Å². The van der Waals surface area contributed by atoms with Gasteiger partial charge >= 0.3 is 5.97 Å². The standard InChI is InChI=1S/C8H5FS.C3H4O2/c9-8-5-6-3-1-2-4-7(6)10-8;1-2-3(4)5/h1-5H;2H,1H2,(H,4,5). The third-order valence-electron chi connectivity index (χ3n) is 1.57. The quantitative estimate of drug-likeness (QED) is 0.754. The van der Waals surface area contributed by atoms with E-state index in [0.29, 0.717) is 0 Å². The highest BCUT2D eigenvalue weighted by Crippen LogP contribution is 2.23. The maximum Gasteiger partial charge on any atom is 0.327 e. The van der Waals surface area contributed by atoms with Crippen LogP contribution in [0.25, 0.3) is 10.1 Å². The number of fused-ring (bicyclic) bond motifs is 1. The van der Waals surface area contributed by atoms with Gasteiger partial charge in [0.15, 0.2) is 5.13 Å². The maximum absolute atomic E-state index is 12.5. The molecule has 0 unspecified atom stereocenters. The van der Waals surface area contributed by atoms with Gasteiger partial charge in [0.25, 0.3) is 0 Å². The fourth-order valence-corrected chi connectivity index (χ4v) is 1.74. The van der Waals surface area contributed by atoms with Crippen LogP contribution >= 0.6 is 11.3 Å². The Labute approximate surface area is 90.3 Å². The van der Waals surface area contributed by atoms with E-state index in [1.54, 1.807) is 6.07 Å². The Hall–Kier alpha value is -1.68. The van der Waals surface area contributed by atoms with Gasteiger partial charge in [0.1, 0.15) is 0 Å². The third-order valence-corrected chi connectivity index (χ3v) is 2.47. The Morgan fingerprint density at radius 1 is 1.47 bits per heavy atom. The highest BCUT2D eigenvalue weighted by molar-refractivity contribution is 7.17. The summed E-state index contributed by atoms with van der Waals surface area (Å²) in [7, 11) is 0. The summed E-state index contributed by atoms with van der Waals surface area (Å²) in [6.07, 6.45) is 0.833. The molecule has 2 rings (SSSR count). The Balaban J connectivity index is 0.000000195. The molecule has 15 heavy (non-hydrogen) atoms. The Bertz CT molecular complexity index is 443. The summed E-state index contributed by atoms with van der Waals surface area (Å²) in [5, 5.41) is 8.48. The second kappa shape index (κ2) is 5.26. The van der Waals surface area contributed by atoms with Gasteiger partial charge in [0.05, 0.1) is 0 Å². The van der Waals surface area contributed by atoms with Gasteiger partial charge in [-0.2, -0.15) is 4.39 Å². The molecule has 0 amide bonds. The van der Waals surface area contributed by atoms with Crippen LogP contribution in [0.2, 0.25) is 0 Å². The molecule has 78 valence electrons. The van der Waals surface area contributed by atoms with Crippen molar-refractivity contribution in [1.82, 2.24) is 0 Å². The van der Waals surface area contributed by atoms with Gasteiger partial charge in [0, 0.05) is 10.8 Å². The smallest absolute Gasteiger partial charge is 0.327 e. The van der Waals surface area contributed by atoms with Crippen molar-refractivity contribution in [2.24, 2.45) is 0 Å². The summed E-state index contributed by atoms with van der Waals surface area (Å²) < 4.78 is 13.6. The molecule has 0 aliphatic rings. The number of carboxylic acids is 1. The Morgan fingerprint density at radius 3 is 2.60 bits per heavy atom. The van der Waals surface area contributed by atoms with Gasteiger partial charge in [-0.3, -0.25) is 0 Å². The molecule has 4 heteroatoms. The summed E-state index contributed by atoms with van der Waals surface area (Å²) in [5.74, 6) is -0.981. The first kappa shape index (κ1) is 11.4. The first-order chi connectivity index (χ1) is 7.13. The van der Waals surface area contributed by atoms with Crippen LogP contribution < -0.4 is 0 Å². The van der Waals surface area contributed by atoms with Crippen LogP contribution in [0.3, 0.4) is 0 Å². The zero-order valence-electron chi connectivity index (χ0n) is 7.81. The van der Waals surface area contributed by atoms with Crippen molar-refractivity contribution in [3.05, 3.63) is 48.1 Å². The van der Waals surface area contributed by atoms with E-state index in [2.05, 4.69) is 6.58 Å². The molecule has 0 aliphatic heterocycles. The lowest BCUT2D eigenvalue weighted by atomic mass is 10.3. The Kier molecular flexibility index (Phi) is 4.00. The summed E-state index contributed by atoms with van der Waals surface area (Å²) in [6.45, 7) is 2.96. The summed E-state index contributed by atoms with van der Waals surface area (Å²) in [6, 6.07) is 9.21. The van der Waals surface area contributed by atoms with Gasteiger partial charge in [-0.1, -0.05) is 24.8 Å². The van der Waals surface area contributed by atoms with Gasteiger partial charge in [-0.25, -0.2) is 4.79 Å². The number of benzene rings is 1. The van der Waals surface area contributed by atoms with Gasteiger partial charge in [-0.05, 0) is 17.5 Å². The van der Waals surface area contributed by atoms with Gasteiger partial charge in [-0.15, -0.1) is 11.3 Å². The number of carboxylic acid groups (broad SMARTS) is 1. The minimum atomic E-state index is -0.981. The fourth-order valence-electron chi connectivity index (χ4n) is 0.949. The first-order valence-electron chi connectivity index (χ1n) is 4.13. The van der Waals surface area contributed by atoms with E-state index in [1.807, 2.05) is 24.3 Å². The number of hydrogen-bond acceptors (Lipinski definition) is 2. The van der Waals surface area contributed by atoms with Crippen molar-refractivity contribution < 1.29 is 14.3 Å². The SMILES string of the molecule is C=CC(=O)O.Fc1cc2ccccc2s1. The lowest BCUT2D eigenvalue weighted by Crippen LogP contribution is -1.82. The molecule has 0 bridgehead atoms. The van der Waals surface area contributed by atoms with E-state index in [-0.39, 0.29) is 5.13 Å². The monoisotopic (exact) mass is 224 g/mol. The molecule has 0 saturated carbocycles. The van der Waals surface area contributed by atoms with Crippen molar-refractivity contribution in [2.75, 3.05) is 0 Å². The molecule has 1 aromatic carbocycles. The normalized spacial score (nSPS) is 9.13. The molecule has 1 aromatic heterocycles. The zero-order valence-corrected chi connectivity index (χ0v) is 8.63. The molecule has 2 aromatic rings. The van der Waals surface area contributed by atoms with Crippen molar-refractivity contribution in [3.63, 3.8) is 0 Å². The summed E-state index contributed by atoms with van der Waals surface area (Å²) in [4.78, 5) is 9.25. The number of thiophene rings is 1. The predicted octanol–water partition coefficient (Wildman–Crippen LogP) is 3.30. The molecule has 0 fully saturated rings. The van der Waals surface area contributed by atoms with Crippen LogP contribution in [0.15, 0.2) is 43.0 Å². The van der Waals surface area contributed by atoms with E-state index >= 15 is 0 Å². The van der Waals surface area contributed by atoms with Crippen LogP contribution in [-0.4, -0.2) is 11.1 Å². The minimum absolute atomic E-state index is 0.110. The predicted molar refractivity (Wildman–Crippen MR) is 59.6 cm³/mol. The van der Waals surface area contributed by atoms with Crippen LogP contribution in [0.4, 0.5) is 4.39 Å². The largest absolute Gasteiger partial charge is 0.478 e. The van der Waals surface area contributed by atoms with Crippen LogP contribution in [-0.2, 0) is 4.79 Å². The minimum Gasteiger partial charge on any atom is -0.478 e. The summed E-state index contributed by atoms with van der Waals surface area (Å²) >= 11 is 1.19. The molecule has 0 spiro atoms. The molecular weight excluding hydrogens is 215 g/mol. The zero-order chi connectivity index (χ0) is 11.3. The topological polar surface area (TPSA) is 37.3 Å². The first-order valence-corrected chi connectivity index (χ1v) is 4.94. The molecule has 2 nitrogen and oxygen atoms in total. The van der Waals surface area contributed by atoms with E-state index in [1.165, 1.54) is 11.3 Å². The molecule has 0 saturated heterocycles. The van der Waals surface area contributed by atoms with Gasteiger partial charge < -0.3 is 5.11 Å². The van der Waals surface area contributed by atoms with Crippen LogP contribution in [0.1, 0.15) is 0 Å². The molecule has 1 N–H and O–H groups in total. The molecule has 0 radical (unpaired) electrons. The molecule has 1 heterocycles. The number of aliphatic carboxylic acids is 1. The average Bonchev–Trinajstić information content (AvgIpc) is 2.58. The molecular formula is C11H9FO2S. The van der Waals surface area contributed by atoms with Crippen molar-refractivity contribution >= 4 is 27.4 Å². The Morgan fingerprint density at radius 2 is 2.07 bits per heavy atom. The summed E-state index contributed by atoms with van der Waals surface area (Å²) in [5.41, 5.74) is 0. The third kappa shape index (κ3) is 3.52. The van der Waals surface area contributed by atoms with E-state index in [0.717, 1.165) is 16.2 Å². The second-order valence-electron chi connectivity index (χ2n) is 2.63. The number of hydrogen-bond donors (Lipinski definition) is 1. The lowest BCUT2D eigenvalue weighted by molar-refractivity contribution is -0.131. The maximum atomic E-state index is 12.5. The van der Waals surface area contributed by atoms with Crippen molar-refractivity contribution in [1.29, 1.82) is 0 Å². The molecule has 0 atom stereocenters. The van der Waals surface area contributed by atoms with Crippen molar-refractivity contribution in [3.8, 4) is 0 Å². The van der Waals surface area contributed by atoms with Gasteiger partial charge in [0.2, 0.25) is 0 Å². The lowest BCUT2D eigenvalue weighted by Gasteiger charge is -1.81. The fraction of sp³-hybridized carbons (Fsp3) is 0. The number of rotatable bonds is 1.